The van der Waals surface area contributed by atoms with Crippen LogP contribution in [-0.4, -0.2) is 12.3 Å². The van der Waals surface area contributed by atoms with E-state index in [-0.39, 0.29) is 17.7 Å². The number of Topliss-reactive ketones (excluding diaryl/α,β-unsaturated/α-hetero) is 1. The van der Waals surface area contributed by atoms with E-state index in [9.17, 15) is 4.79 Å². The van der Waals surface area contributed by atoms with E-state index in [1.807, 2.05) is 31.2 Å². The Kier molecular flexibility index (Phi) is 3.66. The Hall–Kier alpha value is -1.93. The monoisotopic (exact) mass is 265 g/mol. The van der Waals surface area contributed by atoms with Gasteiger partial charge in [-0.2, -0.15) is 0 Å². The first-order valence-corrected chi connectivity index (χ1v) is 7.18. The maximum Gasteiger partial charge on any atom is 0.167 e. The molecule has 0 bridgehead atoms. The van der Waals surface area contributed by atoms with Crippen LogP contribution in [0.1, 0.15) is 34.5 Å². The van der Waals surface area contributed by atoms with Gasteiger partial charge in [-0.1, -0.05) is 61.5 Å². The minimum absolute atomic E-state index is 0.0307. The fourth-order valence-corrected chi connectivity index (χ4v) is 2.96. The smallest absolute Gasteiger partial charge is 0.167 e. The highest BCUT2D eigenvalue weighted by Crippen LogP contribution is 2.35. The van der Waals surface area contributed by atoms with Gasteiger partial charge >= 0.3 is 0 Å². The highest BCUT2D eigenvalue weighted by Gasteiger charge is 2.35. The molecule has 1 aliphatic carbocycles. The Morgan fingerprint density at radius 3 is 2.50 bits per heavy atom. The van der Waals surface area contributed by atoms with Crippen molar-refractivity contribution in [1.29, 1.82) is 0 Å². The van der Waals surface area contributed by atoms with E-state index in [4.69, 9.17) is 0 Å². The molecule has 2 nitrogen and oxygen atoms in total. The minimum Gasteiger partial charge on any atom is -0.309 e. The molecule has 0 aromatic heterocycles. The summed E-state index contributed by atoms with van der Waals surface area (Å²) in [7, 11) is 0. The molecule has 2 aromatic carbocycles. The van der Waals surface area contributed by atoms with Crippen molar-refractivity contribution < 1.29 is 4.79 Å². The quantitative estimate of drug-likeness (QED) is 0.918. The number of rotatable bonds is 4. The first kappa shape index (κ1) is 13.1. The van der Waals surface area contributed by atoms with Gasteiger partial charge in [0, 0.05) is 17.5 Å². The maximum absolute atomic E-state index is 12.2. The molecule has 0 aliphatic heterocycles. The number of ketones is 1. The fraction of sp³-hybridized carbons (Fsp3) is 0.278. The van der Waals surface area contributed by atoms with Crippen LogP contribution in [0.3, 0.4) is 0 Å². The molecule has 2 unspecified atom stereocenters. The van der Waals surface area contributed by atoms with Crippen LogP contribution in [0.2, 0.25) is 0 Å². The minimum atomic E-state index is 0.0307. The van der Waals surface area contributed by atoms with Crippen LogP contribution in [0.25, 0.3) is 0 Å². The number of carbonyl (C=O) groups excluding carboxylic acids is 1. The van der Waals surface area contributed by atoms with Gasteiger partial charge in [0.15, 0.2) is 5.78 Å². The third kappa shape index (κ3) is 2.39. The summed E-state index contributed by atoms with van der Waals surface area (Å²) in [5.74, 6) is 0.293. The molecule has 1 N–H and O–H groups in total. The van der Waals surface area contributed by atoms with E-state index >= 15 is 0 Å². The predicted molar refractivity (Wildman–Crippen MR) is 80.8 cm³/mol. The molecule has 0 fully saturated rings. The molecule has 1 aliphatic rings. The third-order valence-electron chi connectivity index (χ3n) is 4.10. The van der Waals surface area contributed by atoms with Crippen LogP contribution < -0.4 is 5.32 Å². The summed E-state index contributed by atoms with van der Waals surface area (Å²) in [5, 5.41) is 3.55. The molecule has 2 atom stereocenters. The molecule has 0 saturated carbocycles. The summed E-state index contributed by atoms with van der Waals surface area (Å²) >= 11 is 0. The number of hydrogen-bond acceptors (Lipinski definition) is 2. The second-order valence-electron chi connectivity index (χ2n) is 5.41. The van der Waals surface area contributed by atoms with E-state index in [2.05, 4.69) is 35.6 Å². The van der Waals surface area contributed by atoms with Gasteiger partial charge in [-0.15, -0.1) is 0 Å². The van der Waals surface area contributed by atoms with Crippen LogP contribution >= 0.6 is 0 Å². The average molecular weight is 265 g/mol. The lowest BCUT2D eigenvalue weighted by Gasteiger charge is -2.17. The molecule has 2 heteroatoms. The number of carbonyl (C=O) groups is 1. The molecule has 20 heavy (non-hydrogen) atoms. The lowest BCUT2D eigenvalue weighted by molar-refractivity contribution is 0.0927. The number of benzene rings is 2. The lowest BCUT2D eigenvalue weighted by Crippen LogP contribution is -2.27. The first-order valence-electron chi connectivity index (χ1n) is 7.18. The zero-order chi connectivity index (χ0) is 13.9. The van der Waals surface area contributed by atoms with Gasteiger partial charge in [0.1, 0.15) is 0 Å². The second-order valence-corrected chi connectivity index (χ2v) is 5.41. The number of fused-ring (bicyclic) bond motifs is 1. The number of hydrogen-bond donors (Lipinski definition) is 1. The molecular formula is C18H19NO. The fourth-order valence-electron chi connectivity index (χ4n) is 2.96. The van der Waals surface area contributed by atoms with Crippen LogP contribution in [-0.2, 0) is 6.42 Å². The van der Waals surface area contributed by atoms with E-state index < -0.39 is 0 Å². The molecule has 3 rings (SSSR count). The van der Waals surface area contributed by atoms with Crippen molar-refractivity contribution in [3.8, 4) is 0 Å². The van der Waals surface area contributed by atoms with Gasteiger partial charge in [0.25, 0.3) is 0 Å². The zero-order valence-electron chi connectivity index (χ0n) is 11.7. The summed E-state index contributed by atoms with van der Waals surface area (Å²) in [4.78, 5) is 12.2. The van der Waals surface area contributed by atoms with E-state index in [0.29, 0.717) is 0 Å². The normalized spacial score (nSPS) is 20.9. The van der Waals surface area contributed by atoms with Crippen molar-refractivity contribution in [2.24, 2.45) is 5.92 Å². The van der Waals surface area contributed by atoms with Crippen molar-refractivity contribution in [2.75, 3.05) is 6.54 Å². The summed E-state index contributed by atoms with van der Waals surface area (Å²) < 4.78 is 0. The topological polar surface area (TPSA) is 29.1 Å². The van der Waals surface area contributed by atoms with Crippen molar-refractivity contribution in [3.63, 3.8) is 0 Å². The molecule has 0 saturated heterocycles. The molecule has 2 aromatic rings. The maximum atomic E-state index is 12.2. The van der Waals surface area contributed by atoms with Crippen LogP contribution in [0.4, 0.5) is 0 Å². The molecule has 0 spiro atoms. The summed E-state index contributed by atoms with van der Waals surface area (Å²) in [6, 6.07) is 18.5. The predicted octanol–water partition coefficient (Wildman–Crippen LogP) is 3.39. The third-order valence-corrected chi connectivity index (χ3v) is 4.10. The molecule has 102 valence electrons. The SMILES string of the molecule is CC1C(=O)c2ccccc2C1NCCc1ccccc1. The van der Waals surface area contributed by atoms with Crippen molar-refractivity contribution >= 4 is 5.78 Å². The summed E-state index contributed by atoms with van der Waals surface area (Å²) in [5.41, 5.74) is 3.36. The Morgan fingerprint density at radius 2 is 1.70 bits per heavy atom. The van der Waals surface area contributed by atoms with Crippen molar-refractivity contribution in [1.82, 2.24) is 5.32 Å². The molecular weight excluding hydrogens is 246 g/mol. The van der Waals surface area contributed by atoms with Crippen molar-refractivity contribution in [2.45, 2.75) is 19.4 Å². The second kappa shape index (κ2) is 5.59. The van der Waals surface area contributed by atoms with Gasteiger partial charge < -0.3 is 5.32 Å². The van der Waals surface area contributed by atoms with Gasteiger partial charge in [-0.25, -0.2) is 0 Å². The van der Waals surface area contributed by atoms with Crippen molar-refractivity contribution in [3.05, 3.63) is 71.3 Å². The van der Waals surface area contributed by atoms with Crippen LogP contribution in [0.15, 0.2) is 54.6 Å². The van der Waals surface area contributed by atoms with Gasteiger partial charge in [0.05, 0.1) is 0 Å². The first-order chi connectivity index (χ1) is 9.77. The van der Waals surface area contributed by atoms with Crippen LogP contribution in [0.5, 0.6) is 0 Å². The van der Waals surface area contributed by atoms with Gasteiger partial charge in [-0.05, 0) is 24.1 Å². The standard InChI is InChI=1S/C18H19NO/c1-13-17(15-9-5-6-10-16(15)18(13)20)19-12-11-14-7-3-2-4-8-14/h2-10,13,17,19H,11-12H2,1H3. The molecule has 0 radical (unpaired) electrons. The Bertz CT molecular complexity index is 606. The molecule has 0 heterocycles. The Morgan fingerprint density at radius 1 is 1.00 bits per heavy atom. The zero-order valence-corrected chi connectivity index (χ0v) is 11.7. The average Bonchev–Trinajstić information content (AvgIpc) is 2.74. The van der Waals surface area contributed by atoms with Crippen LogP contribution in [0, 0.1) is 5.92 Å². The Labute approximate surface area is 119 Å². The summed E-state index contributed by atoms with van der Waals surface area (Å²) in [6.07, 6.45) is 0.987. The summed E-state index contributed by atoms with van der Waals surface area (Å²) in [6.45, 7) is 2.91. The van der Waals surface area contributed by atoms with E-state index in [0.717, 1.165) is 24.1 Å². The molecule has 0 amide bonds. The van der Waals surface area contributed by atoms with E-state index in [1.165, 1.54) is 5.56 Å². The lowest BCUT2D eigenvalue weighted by atomic mass is 10.0. The number of nitrogens with one attached hydrogen (secondary N) is 1. The highest BCUT2D eigenvalue weighted by atomic mass is 16.1. The van der Waals surface area contributed by atoms with Gasteiger partial charge in [0.2, 0.25) is 0 Å². The Balaban J connectivity index is 1.68. The highest BCUT2D eigenvalue weighted by molar-refractivity contribution is 6.02. The van der Waals surface area contributed by atoms with Gasteiger partial charge in [-0.3, -0.25) is 4.79 Å². The largest absolute Gasteiger partial charge is 0.309 e. The van der Waals surface area contributed by atoms with E-state index in [1.54, 1.807) is 0 Å².